The first-order chi connectivity index (χ1) is 8.04. The zero-order valence-corrected chi connectivity index (χ0v) is 11.2. The maximum absolute atomic E-state index is 12.0. The lowest BCUT2D eigenvalue weighted by atomic mass is 9.84. The molecule has 0 heterocycles. The first-order valence-electron chi connectivity index (χ1n) is 4.90. The van der Waals surface area contributed by atoms with Crippen LogP contribution in [0.5, 0.6) is 5.75 Å². The van der Waals surface area contributed by atoms with Gasteiger partial charge in [-0.25, -0.2) is 0 Å². The van der Waals surface area contributed by atoms with Gasteiger partial charge in [0, 0.05) is 4.47 Å². The number of rotatable bonds is 3. The predicted octanol–water partition coefficient (Wildman–Crippen LogP) is 3.11. The maximum Gasteiger partial charge on any atom is 0.573 e. The van der Waals surface area contributed by atoms with Crippen LogP contribution in [0.25, 0.3) is 0 Å². The highest BCUT2D eigenvalue weighted by molar-refractivity contribution is 9.10. The molecule has 0 unspecified atom stereocenters. The van der Waals surface area contributed by atoms with Crippen LogP contribution in [0.3, 0.4) is 0 Å². The molecule has 0 saturated carbocycles. The highest BCUT2D eigenvalue weighted by atomic mass is 79.9. The number of carbonyl (C=O) groups is 1. The molecule has 0 aromatic heterocycles. The first kappa shape index (κ1) is 14.8. The van der Waals surface area contributed by atoms with Crippen molar-refractivity contribution in [1.82, 2.24) is 0 Å². The number of amides is 1. The minimum Gasteiger partial charge on any atom is -0.406 e. The van der Waals surface area contributed by atoms with E-state index in [4.69, 9.17) is 5.73 Å². The standard InChI is InChI=1S/C11H11BrF3NO2/c1-10(2,9(16)17)7-4-3-6(5-8(7)12)18-11(13,14)15/h3-5H,1-2H3,(H2,16,17). The summed E-state index contributed by atoms with van der Waals surface area (Å²) in [5, 5.41) is 0. The van der Waals surface area contributed by atoms with Gasteiger partial charge in [0.2, 0.25) is 5.91 Å². The Morgan fingerprint density at radius 2 is 1.89 bits per heavy atom. The molecule has 18 heavy (non-hydrogen) atoms. The summed E-state index contributed by atoms with van der Waals surface area (Å²) in [5.41, 5.74) is 4.74. The number of hydrogen-bond acceptors (Lipinski definition) is 2. The SMILES string of the molecule is CC(C)(C(N)=O)c1ccc(OC(F)(F)F)cc1Br. The average molecular weight is 326 g/mol. The number of benzene rings is 1. The van der Waals surface area contributed by atoms with Gasteiger partial charge < -0.3 is 10.5 Å². The van der Waals surface area contributed by atoms with Crippen molar-refractivity contribution >= 4 is 21.8 Å². The quantitative estimate of drug-likeness (QED) is 0.928. The zero-order valence-electron chi connectivity index (χ0n) is 9.64. The van der Waals surface area contributed by atoms with Gasteiger partial charge in [0.15, 0.2) is 0 Å². The number of carbonyl (C=O) groups excluding carboxylic acids is 1. The van der Waals surface area contributed by atoms with E-state index in [0.29, 0.717) is 10.0 Å². The van der Waals surface area contributed by atoms with Gasteiger partial charge in [0.05, 0.1) is 5.41 Å². The van der Waals surface area contributed by atoms with Gasteiger partial charge in [-0.05, 0) is 31.5 Å². The minimum atomic E-state index is -4.75. The van der Waals surface area contributed by atoms with E-state index < -0.39 is 17.7 Å². The second kappa shape index (κ2) is 4.79. The van der Waals surface area contributed by atoms with E-state index in [9.17, 15) is 18.0 Å². The van der Waals surface area contributed by atoms with Crippen molar-refractivity contribution in [3.8, 4) is 5.75 Å². The highest BCUT2D eigenvalue weighted by Gasteiger charge is 2.33. The summed E-state index contributed by atoms with van der Waals surface area (Å²) in [6, 6.07) is 3.65. The van der Waals surface area contributed by atoms with E-state index in [2.05, 4.69) is 20.7 Å². The molecule has 0 aliphatic rings. The fourth-order valence-corrected chi connectivity index (χ4v) is 2.19. The van der Waals surface area contributed by atoms with Crippen molar-refractivity contribution in [2.45, 2.75) is 25.6 Å². The lowest BCUT2D eigenvalue weighted by molar-refractivity contribution is -0.274. The van der Waals surface area contributed by atoms with Gasteiger partial charge in [-0.1, -0.05) is 22.0 Å². The van der Waals surface area contributed by atoms with Crippen molar-refractivity contribution in [3.63, 3.8) is 0 Å². The van der Waals surface area contributed by atoms with E-state index in [1.807, 2.05) is 0 Å². The van der Waals surface area contributed by atoms with E-state index in [1.165, 1.54) is 6.07 Å². The molecule has 7 heteroatoms. The van der Waals surface area contributed by atoms with E-state index in [0.717, 1.165) is 12.1 Å². The van der Waals surface area contributed by atoms with Crippen LogP contribution >= 0.6 is 15.9 Å². The number of alkyl halides is 3. The third kappa shape index (κ3) is 3.38. The van der Waals surface area contributed by atoms with Crippen molar-refractivity contribution in [3.05, 3.63) is 28.2 Å². The van der Waals surface area contributed by atoms with Gasteiger partial charge in [-0.15, -0.1) is 13.2 Å². The molecule has 2 N–H and O–H groups in total. The third-order valence-electron chi connectivity index (χ3n) is 2.46. The molecule has 1 amide bonds. The highest BCUT2D eigenvalue weighted by Crippen LogP contribution is 2.34. The van der Waals surface area contributed by atoms with Crippen LogP contribution in [0.15, 0.2) is 22.7 Å². The summed E-state index contributed by atoms with van der Waals surface area (Å²) in [6.07, 6.45) is -4.75. The predicted molar refractivity (Wildman–Crippen MR) is 63.0 cm³/mol. The number of ether oxygens (including phenoxy) is 1. The van der Waals surface area contributed by atoms with Gasteiger partial charge in [-0.2, -0.15) is 0 Å². The molecule has 0 spiro atoms. The van der Waals surface area contributed by atoms with Crippen molar-refractivity contribution in [1.29, 1.82) is 0 Å². The summed E-state index contributed by atoms with van der Waals surface area (Å²) in [6.45, 7) is 3.17. The fourth-order valence-electron chi connectivity index (χ4n) is 1.33. The van der Waals surface area contributed by atoms with E-state index >= 15 is 0 Å². The van der Waals surface area contributed by atoms with Crippen LogP contribution < -0.4 is 10.5 Å². The monoisotopic (exact) mass is 325 g/mol. The molecule has 0 atom stereocenters. The second-order valence-corrected chi connectivity index (χ2v) is 5.03. The topological polar surface area (TPSA) is 52.3 Å². The summed E-state index contributed by atoms with van der Waals surface area (Å²) in [4.78, 5) is 11.3. The molecule has 100 valence electrons. The van der Waals surface area contributed by atoms with Crippen LogP contribution in [-0.4, -0.2) is 12.3 Å². The summed E-state index contributed by atoms with van der Waals surface area (Å²) < 4.78 is 40.2. The van der Waals surface area contributed by atoms with E-state index in [-0.39, 0.29) is 5.75 Å². The van der Waals surface area contributed by atoms with Crippen LogP contribution in [0, 0.1) is 0 Å². The average Bonchev–Trinajstić information content (AvgIpc) is 2.13. The van der Waals surface area contributed by atoms with Crippen LogP contribution in [0.1, 0.15) is 19.4 Å². The van der Waals surface area contributed by atoms with E-state index in [1.54, 1.807) is 13.8 Å². The fraction of sp³-hybridized carbons (Fsp3) is 0.364. The summed E-state index contributed by atoms with van der Waals surface area (Å²) in [7, 11) is 0. The largest absolute Gasteiger partial charge is 0.573 e. The third-order valence-corrected chi connectivity index (χ3v) is 3.12. The van der Waals surface area contributed by atoms with Gasteiger partial charge in [0.25, 0.3) is 0 Å². The maximum atomic E-state index is 12.0. The lowest BCUT2D eigenvalue weighted by Gasteiger charge is -2.23. The Hall–Kier alpha value is -1.24. The normalized spacial score (nSPS) is 12.3. The molecular formula is C11H11BrF3NO2. The summed E-state index contributed by atoms with van der Waals surface area (Å²) >= 11 is 3.10. The number of primary amides is 1. The number of nitrogens with two attached hydrogens (primary N) is 1. The van der Waals surface area contributed by atoms with Crippen molar-refractivity contribution < 1.29 is 22.7 Å². The number of halogens is 4. The molecule has 0 aliphatic heterocycles. The molecule has 0 saturated heterocycles. The van der Waals surface area contributed by atoms with Crippen LogP contribution in [0.2, 0.25) is 0 Å². The van der Waals surface area contributed by atoms with Gasteiger partial charge in [-0.3, -0.25) is 4.79 Å². The van der Waals surface area contributed by atoms with Gasteiger partial charge >= 0.3 is 6.36 Å². The molecule has 0 bridgehead atoms. The molecule has 1 aromatic rings. The molecule has 3 nitrogen and oxygen atoms in total. The molecule has 0 fully saturated rings. The minimum absolute atomic E-state index is 0.327. The Kier molecular flexibility index (Phi) is 3.95. The molecule has 0 radical (unpaired) electrons. The Balaban J connectivity index is 3.11. The molecule has 1 aromatic carbocycles. The molecule has 1 rings (SSSR count). The van der Waals surface area contributed by atoms with Crippen molar-refractivity contribution in [2.24, 2.45) is 5.73 Å². The molecule has 0 aliphatic carbocycles. The second-order valence-electron chi connectivity index (χ2n) is 4.18. The van der Waals surface area contributed by atoms with Crippen LogP contribution in [-0.2, 0) is 10.2 Å². The Morgan fingerprint density at radius 3 is 2.28 bits per heavy atom. The Labute approximate surface area is 110 Å². The Bertz CT molecular complexity index is 472. The lowest BCUT2D eigenvalue weighted by Crippen LogP contribution is -2.35. The number of hydrogen-bond donors (Lipinski definition) is 1. The van der Waals surface area contributed by atoms with Gasteiger partial charge in [0.1, 0.15) is 5.75 Å². The van der Waals surface area contributed by atoms with Crippen LogP contribution in [0.4, 0.5) is 13.2 Å². The first-order valence-corrected chi connectivity index (χ1v) is 5.69. The Morgan fingerprint density at radius 1 is 1.33 bits per heavy atom. The summed E-state index contributed by atoms with van der Waals surface area (Å²) in [5.74, 6) is -0.939. The zero-order chi connectivity index (χ0) is 14.1. The smallest absolute Gasteiger partial charge is 0.406 e. The van der Waals surface area contributed by atoms with Crippen molar-refractivity contribution in [2.75, 3.05) is 0 Å². The molecular weight excluding hydrogens is 315 g/mol.